The van der Waals surface area contributed by atoms with Crippen LogP contribution in [0.4, 0.5) is 0 Å². The molecule has 1 atom stereocenters. The van der Waals surface area contributed by atoms with Crippen LogP contribution < -0.4 is 20.7 Å². The zero-order valence-corrected chi connectivity index (χ0v) is 21.8. The van der Waals surface area contributed by atoms with E-state index in [9.17, 15) is 19.5 Å². The molecule has 2 aromatic carbocycles. The number of phenols is 1. The molecule has 0 saturated heterocycles. The molecule has 9 nitrogen and oxygen atoms in total. The van der Waals surface area contributed by atoms with Crippen molar-refractivity contribution in [3.8, 4) is 11.5 Å². The number of phenolic OH excluding ortho intramolecular Hbond substituents is 1. The van der Waals surface area contributed by atoms with Gasteiger partial charge in [0.2, 0.25) is 11.8 Å². The van der Waals surface area contributed by atoms with Gasteiger partial charge in [-0.2, -0.15) is 0 Å². The van der Waals surface area contributed by atoms with Crippen LogP contribution in [0.3, 0.4) is 0 Å². The first kappa shape index (κ1) is 27.3. The number of para-hydroxylation sites is 1. The first-order chi connectivity index (χ1) is 17.6. The number of aromatic amines is 1. The number of hydrogen-bond acceptors (Lipinski definition) is 5. The van der Waals surface area contributed by atoms with E-state index in [1.807, 2.05) is 38.1 Å². The fraction of sp³-hybridized carbons (Fsp3) is 0.321. The van der Waals surface area contributed by atoms with E-state index in [-0.39, 0.29) is 36.2 Å². The van der Waals surface area contributed by atoms with Gasteiger partial charge in [0.1, 0.15) is 23.2 Å². The number of carbonyl (C=O) groups is 3. The number of nitrogens with one attached hydrogen (secondary N) is 4. The van der Waals surface area contributed by atoms with E-state index < -0.39 is 17.9 Å². The molecule has 0 unspecified atom stereocenters. The average Bonchev–Trinajstić information content (AvgIpc) is 3.26. The third-order valence-electron chi connectivity index (χ3n) is 6.00. The molecule has 3 amide bonds. The van der Waals surface area contributed by atoms with Gasteiger partial charge in [-0.05, 0) is 49.1 Å². The molecule has 0 aliphatic carbocycles. The Kier molecular flexibility index (Phi) is 8.95. The lowest BCUT2D eigenvalue weighted by molar-refractivity contribution is -0.129. The Morgan fingerprint density at radius 2 is 1.78 bits per heavy atom. The van der Waals surface area contributed by atoms with Gasteiger partial charge in [0.25, 0.3) is 5.91 Å². The van der Waals surface area contributed by atoms with Gasteiger partial charge in [-0.1, -0.05) is 32.0 Å². The van der Waals surface area contributed by atoms with Crippen molar-refractivity contribution in [1.29, 1.82) is 0 Å². The molecule has 0 saturated carbocycles. The van der Waals surface area contributed by atoms with E-state index in [1.54, 1.807) is 32.2 Å². The van der Waals surface area contributed by atoms with Crippen molar-refractivity contribution in [3.05, 3.63) is 71.1 Å². The molecule has 5 N–H and O–H groups in total. The number of allylic oxidation sites excluding steroid dienone is 1. The summed E-state index contributed by atoms with van der Waals surface area (Å²) in [7, 11) is 1.50. The number of hydrogen-bond donors (Lipinski definition) is 5. The van der Waals surface area contributed by atoms with Gasteiger partial charge in [0, 0.05) is 35.3 Å². The van der Waals surface area contributed by atoms with E-state index in [4.69, 9.17) is 4.74 Å². The van der Waals surface area contributed by atoms with Gasteiger partial charge >= 0.3 is 0 Å². The molecule has 0 fully saturated rings. The number of aromatic nitrogens is 1. The summed E-state index contributed by atoms with van der Waals surface area (Å²) < 4.78 is 5.08. The number of fused-ring (bicyclic) bond motifs is 1. The molecule has 9 heteroatoms. The molecule has 1 heterocycles. The second kappa shape index (κ2) is 12.1. The van der Waals surface area contributed by atoms with Crippen molar-refractivity contribution in [3.63, 3.8) is 0 Å². The maximum atomic E-state index is 13.1. The monoisotopic (exact) mass is 506 g/mol. The van der Waals surface area contributed by atoms with E-state index in [0.29, 0.717) is 16.9 Å². The van der Waals surface area contributed by atoms with Gasteiger partial charge in [-0.25, -0.2) is 0 Å². The van der Waals surface area contributed by atoms with Crippen LogP contribution in [-0.2, 0) is 27.3 Å². The summed E-state index contributed by atoms with van der Waals surface area (Å²) in [6, 6.07) is 11.6. The predicted molar refractivity (Wildman–Crippen MR) is 142 cm³/mol. The third-order valence-corrected chi connectivity index (χ3v) is 6.00. The summed E-state index contributed by atoms with van der Waals surface area (Å²) in [4.78, 5) is 42.0. The first-order valence-corrected chi connectivity index (χ1v) is 12.1. The minimum absolute atomic E-state index is 0.00507. The Labute approximate surface area is 216 Å². The van der Waals surface area contributed by atoms with Gasteiger partial charge in [0.05, 0.1) is 13.5 Å². The minimum atomic E-state index is -0.854. The van der Waals surface area contributed by atoms with E-state index in [2.05, 4.69) is 20.9 Å². The normalized spacial score (nSPS) is 11.6. The van der Waals surface area contributed by atoms with Crippen LogP contribution in [0.1, 0.15) is 38.8 Å². The van der Waals surface area contributed by atoms with Crippen molar-refractivity contribution in [2.75, 3.05) is 7.11 Å². The van der Waals surface area contributed by atoms with Crippen molar-refractivity contribution in [1.82, 2.24) is 20.9 Å². The average molecular weight is 507 g/mol. The topological polar surface area (TPSA) is 133 Å². The number of H-pyrrole nitrogens is 1. The zero-order valence-electron chi connectivity index (χ0n) is 21.8. The maximum absolute atomic E-state index is 13.1. The number of amides is 3. The maximum Gasteiger partial charge on any atom is 0.268 e. The third kappa shape index (κ3) is 6.91. The molecule has 0 spiro atoms. The van der Waals surface area contributed by atoms with Crippen LogP contribution in [0.5, 0.6) is 11.5 Å². The quantitative estimate of drug-likeness (QED) is 0.269. The second-order valence-electron chi connectivity index (χ2n) is 9.37. The van der Waals surface area contributed by atoms with Crippen LogP contribution in [0.2, 0.25) is 0 Å². The molecule has 37 heavy (non-hydrogen) atoms. The molecular formula is C28H34N4O5. The van der Waals surface area contributed by atoms with Crippen LogP contribution in [0, 0.1) is 5.92 Å². The van der Waals surface area contributed by atoms with E-state index in [1.165, 1.54) is 13.2 Å². The summed E-state index contributed by atoms with van der Waals surface area (Å²) in [6.07, 6.45) is 1.87. The first-order valence-electron chi connectivity index (χ1n) is 12.1. The summed E-state index contributed by atoms with van der Waals surface area (Å²) in [6.45, 7) is 7.14. The van der Waals surface area contributed by atoms with Crippen molar-refractivity contribution in [2.45, 2.75) is 46.7 Å². The second-order valence-corrected chi connectivity index (χ2v) is 9.37. The molecule has 3 aromatic rings. The number of benzene rings is 2. The lowest BCUT2D eigenvalue weighted by Gasteiger charge is -2.23. The number of methoxy groups -OCH3 is 1. The standard InChI is InChI=1S/C28H34N4O5/c1-16(2)25(27(35)30-14-18-10-11-20(37-5)13-23(18)33)32-28(36)26(17(3)4)31-24(34)12-19-15-29-22-9-7-6-8-21(19)22/h6-11,13,15-16,25,29,33H,12,14H2,1-5H3,(H,30,35)(H,31,34)(H,32,36)/t25-/m0/s1. The zero-order chi connectivity index (χ0) is 27.1. The Morgan fingerprint density at radius 1 is 1.05 bits per heavy atom. The summed E-state index contributed by atoms with van der Waals surface area (Å²) >= 11 is 0. The fourth-order valence-corrected chi connectivity index (χ4v) is 3.90. The Balaban J connectivity index is 1.65. The van der Waals surface area contributed by atoms with Crippen molar-refractivity contribution >= 4 is 28.6 Å². The van der Waals surface area contributed by atoms with Crippen LogP contribution in [0.15, 0.2) is 59.9 Å². The van der Waals surface area contributed by atoms with Crippen molar-refractivity contribution in [2.24, 2.45) is 5.92 Å². The lowest BCUT2D eigenvalue weighted by atomic mass is 10.0. The molecule has 0 radical (unpaired) electrons. The SMILES string of the molecule is COc1ccc(CNC(=O)[C@@H](NC(=O)C(NC(=O)Cc2c[nH]c3ccccc23)=C(C)C)C(C)C)c(O)c1. The molecule has 1 aromatic heterocycles. The molecular weight excluding hydrogens is 472 g/mol. The summed E-state index contributed by atoms with van der Waals surface area (Å²) in [5, 5.41) is 19.3. The Bertz CT molecular complexity index is 1320. The molecule has 3 rings (SSSR count). The number of carbonyl (C=O) groups excluding carboxylic acids is 3. The smallest absolute Gasteiger partial charge is 0.268 e. The van der Waals surface area contributed by atoms with Gasteiger partial charge in [-0.15, -0.1) is 0 Å². The van der Waals surface area contributed by atoms with Crippen molar-refractivity contribution < 1.29 is 24.2 Å². The Morgan fingerprint density at radius 3 is 2.43 bits per heavy atom. The highest BCUT2D eigenvalue weighted by Gasteiger charge is 2.26. The molecule has 196 valence electrons. The summed E-state index contributed by atoms with van der Waals surface area (Å²) in [5.41, 5.74) is 2.98. The Hall–Kier alpha value is -4.27. The molecule has 0 aliphatic heterocycles. The predicted octanol–water partition coefficient (Wildman–Crippen LogP) is 3.29. The summed E-state index contributed by atoms with van der Waals surface area (Å²) in [5.74, 6) is -1.02. The molecule has 0 bridgehead atoms. The number of aromatic hydroxyl groups is 1. The number of ether oxygens (including phenoxy) is 1. The molecule has 0 aliphatic rings. The highest BCUT2D eigenvalue weighted by molar-refractivity contribution is 6.01. The van der Waals surface area contributed by atoms with Gasteiger partial charge in [-0.3, -0.25) is 14.4 Å². The van der Waals surface area contributed by atoms with Crippen LogP contribution >= 0.6 is 0 Å². The highest BCUT2D eigenvalue weighted by atomic mass is 16.5. The van der Waals surface area contributed by atoms with Gasteiger partial charge < -0.3 is 30.8 Å². The van der Waals surface area contributed by atoms with Crippen LogP contribution in [-0.4, -0.2) is 41.0 Å². The van der Waals surface area contributed by atoms with Crippen LogP contribution in [0.25, 0.3) is 10.9 Å². The minimum Gasteiger partial charge on any atom is -0.507 e. The largest absolute Gasteiger partial charge is 0.507 e. The fourth-order valence-electron chi connectivity index (χ4n) is 3.90. The number of rotatable bonds is 10. The lowest BCUT2D eigenvalue weighted by Crippen LogP contribution is -2.51. The highest BCUT2D eigenvalue weighted by Crippen LogP contribution is 2.23. The van der Waals surface area contributed by atoms with E-state index >= 15 is 0 Å². The van der Waals surface area contributed by atoms with E-state index in [0.717, 1.165) is 16.5 Å². The van der Waals surface area contributed by atoms with Gasteiger partial charge in [0.15, 0.2) is 0 Å².